The predicted molar refractivity (Wildman–Crippen MR) is 56.0 cm³/mol. The molecule has 1 aromatic rings. The van der Waals surface area contributed by atoms with Crippen molar-refractivity contribution in [2.24, 2.45) is 0 Å². The van der Waals surface area contributed by atoms with E-state index in [1.54, 1.807) is 0 Å². The molecule has 18 heavy (non-hydrogen) atoms. The van der Waals surface area contributed by atoms with E-state index >= 15 is 0 Å². The highest BCUT2D eigenvalue weighted by atomic mass is 19.3. The fraction of sp³-hybridized carbons (Fsp3) is 0.333. The lowest BCUT2D eigenvalue weighted by molar-refractivity contribution is -0.384. The number of carbonyl (C=O) groups excluding carboxylic acids is 1. The van der Waals surface area contributed by atoms with E-state index in [4.69, 9.17) is 5.73 Å². The van der Waals surface area contributed by atoms with Gasteiger partial charge >= 0.3 is 11.7 Å². The van der Waals surface area contributed by atoms with E-state index in [0.29, 0.717) is 6.07 Å². The predicted octanol–water partition coefficient (Wildman–Crippen LogP) is 1.23. The summed E-state index contributed by atoms with van der Waals surface area (Å²) in [6, 6.07) is 0.712. The minimum Gasteiger partial charge on any atom is -0.469 e. The molecule has 0 amide bonds. The number of ether oxygens (including phenoxy) is 1. The Morgan fingerprint density at radius 1 is 1.67 bits per heavy atom. The van der Waals surface area contributed by atoms with E-state index < -0.39 is 46.5 Å². The van der Waals surface area contributed by atoms with Crippen LogP contribution in [0.2, 0.25) is 0 Å². The van der Waals surface area contributed by atoms with E-state index in [2.05, 4.69) is 9.72 Å². The largest absolute Gasteiger partial charge is 0.469 e. The van der Waals surface area contributed by atoms with Crippen molar-refractivity contribution in [2.45, 2.75) is 12.8 Å². The third-order valence-electron chi connectivity index (χ3n) is 2.06. The van der Waals surface area contributed by atoms with Gasteiger partial charge in [-0.1, -0.05) is 0 Å². The van der Waals surface area contributed by atoms with Crippen molar-refractivity contribution >= 4 is 17.3 Å². The Labute approximate surface area is 99.7 Å². The molecule has 0 radical (unpaired) electrons. The summed E-state index contributed by atoms with van der Waals surface area (Å²) in [5, 5.41) is 10.7. The number of pyridine rings is 1. The van der Waals surface area contributed by atoms with Gasteiger partial charge in [0.05, 0.1) is 18.5 Å². The van der Waals surface area contributed by atoms with Gasteiger partial charge in [-0.2, -0.15) is 0 Å². The average molecular weight is 261 g/mol. The highest BCUT2D eigenvalue weighted by Gasteiger charge is 2.25. The van der Waals surface area contributed by atoms with Gasteiger partial charge in [0.25, 0.3) is 6.43 Å². The first-order chi connectivity index (χ1) is 8.36. The Balaban J connectivity index is 3.33. The van der Waals surface area contributed by atoms with Gasteiger partial charge in [0.2, 0.25) is 0 Å². The number of carbonyl (C=O) groups is 1. The minimum absolute atomic E-state index is 0.442. The second kappa shape index (κ2) is 5.34. The van der Waals surface area contributed by atoms with Crippen LogP contribution in [0.15, 0.2) is 6.07 Å². The number of esters is 1. The third kappa shape index (κ3) is 2.87. The number of alkyl halides is 2. The van der Waals surface area contributed by atoms with Crippen molar-refractivity contribution < 1.29 is 23.2 Å². The van der Waals surface area contributed by atoms with Gasteiger partial charge < -0.3 is 10.5 Å². The van der Waals surface area contributed by atoms with Gasteiger partial charge in [-0.25, -0.2) is 13.8 Å². The number of nitrogens with two attached hydrogens (primary N) is 1. The number of halogens is 2. The fourth-order valence-corrected chi connectivity index (χ4v) is 1.29. The Kier molecular flexibility index (Phi) is 4.08. The fourth-order valence-electron chi connectivity index (χ4n) is 1.29. The standard InChI is InChI=1S/C9H9F2N3O4/c1-18-7(15)3-5-8(14(16)17)4(12)2-6(13-5)9(10)11/h2,9H,3H2,1H3,(H2,12,13). The molecule has 98 valence electrons. The van der Waals surface area contributed by atoms with Crippen molar-refractivity contribution in [1.82, 2.24) is 4.98 Å². The first-order valence-electron chi connectivity index (χ1n) is 4.65. The molecule has 7 nitrogen and oxygen atoms in total. The Morgan fingerprint density at radius 3 is 2.72 bits per heavy atom. The van der Waals surface area contributed by atoms with Crippen LogP contribution in [0.5, 0.6) is 0 Å². The Hall–Kier alpha value is -2.32. The number of nitrogens with zero attached hydrogens (tertiary/aromatic N) is 2. The van der Waals surface area contributed by atoms with Crippen molar-refractivity contribution in [3.63, 3.8) is 0 Å². The molecule has 0 bridgehead atoms. The number of hydrogen-bond acceptors (Lipinski definition) is 6. The van der Waals surface area contributed by atoms with Gasteiger partial charge in [0.15, 0.2) is 0 Å². The number of hydrogen-bond donors (Lipinski definition) is 1. The maximum absolute atomic E-state index is 12.5. The number of methoxy groups -OCH3 is 1. The molecule has 0 unspecified atom stereocenters. The van der Waals surface area contributed by atoms with E-state index in [1.165, 1.54) is 0 Å². The lowest BCUT2D eigenvalue weighted by atomic mass is 10.2. The van der Waals surface area contributed by atoms with Crippen LogP contribution < -0.4 is 5.73 Å². The molecule has 0 spiro atoms. The van der Waals surface area contributed by atoms with E-state index in [0.717, 1.165) is 7.11 Å². The molecule has 0 aliphatic carbocycles. The summed E-state index contributed by atoms with van der Waals surface area (Å²) in [4.78, 5) is 24.3. The summed E-state index contributed by atoms with van der Waals surface area (Å²) >= 11 is 0. The Bertz CT molecular complexity index is 493. The highest BCUT2D eigenvalue weighted by Crippen LogP contribution is 2.29. The molecular weight excluding hydrogens is 252 g/mol. The molecule has 1 aromatic heterocycles. The first-order valence-corrected chi connectivity index (χ1v) is 4.65. The summed E-state index contributed by atoms with van der Waals surface area (Å²) in [6.07, 6.45) is -3.54. The van der Waals surface area contributed by atoms with E-state index in [1.807, 2.05) is 0 Å². The molecule has 0 aliphatic rings. The molecule has 0 fully saturated rings. The molecule has 2 N–H and O–H groups in total. The molecule has 0 saturated carbocycles. The number of rotatable bonds is 4. The van der Waals surface area contributed by atoms with Crippen molar-refractivity contribution in [2.75, 3.05) is 12.8 Å². The molecule has 0 aromatic carbocycles. The van der Waals surface area contributed by atoms with Crippen LogP contribution >= 0.6 is 0 Å². The Morgan fingerprint density at radius 2 is 2.28 bits per heavy atom. The van der Waals surface area contributed by atoms with Gasteiger partial charge in [-0.15, -0.1) is 0 Å². The van der Waals surface area contributed by atoms with Crippen molar-refractivity contribution in [1.29, 1.82) is 0 Å². The quantitative estimate of drug-likeness (QED) is 0.496. The zero-order valence-corrected chi connectivity index (χ0v) is 9.22. The van der Waals surface area contributed by atoms with E-state index in [9.17, 15) is 23.7 Å². The van der Waals surface area contributed by atoms with Crippen LogP contribution in [0, 0.1) is 10.1 Å². The number of aromatic nitrogens is 1. The maximum Gasteiger partial charge on any atom is 0.314 e. The number of nitro groups is 1. The zero-order chi connectivity index (χ0) is 13.9. The van der Waals surface area contributed by atoms with Crippen LogP contribution in [0.4, 0.5) is 20.2 Å². The topological polar surface area (TPSA) is 108 Å². The summed E-state index contributed by atoms with van der Waals surface area (Å²) in [5.41, 5.74) is 3.01. The molecule has 1 heterocycles. The van der Waals surface area contributed by atoms with Gasteiger partial charge in [0, 0.05) is 0 Å². The summed E-state index contributed by atoms with van der Waals surface area (Å²) in [7, 11) is 1.06. The minimum atomic E-state index is -2.94. The molecule has 0 aliphatic heterocycles. The normalized spacial score (nSPS) is 10.4. The second-order valence-electron chi connectivity index (χ2n) is 3.24. The highest BCUT2D eigenvalue weighted by molar-refractivity contribution is 5.75. The monoisotopic (exact) mass is 261 g/mol. The maximum atomic E-state index is 12.5. The number of nitrogen functional groups attached to an aromatic ring is 1. The average Bonchev–Trinajstić information content (AvgIpc) is 2.27. The van der Waals surface area contributed by atoms with Crippen molar-refractivity contribution in [3.8, 4) is 0 Å². The lowest BCUT2D eigenvalue weighted by Gasteiger charge is -2.07. The third-order valence-corrected chi connectivity index (χ3v) is 2.06. The van der Waals surface area contributed by atoms with Crippen LogP contribution in [-0.2, 0) is 16.0 Å². The lowest BCUT2D eigenvalue weighted by Crippen LogP contribution is -2.12. The summed E-state index contributed by atoms with van der Waals surface area (Å²) < 4.78 is 29.2. The van der Waals surface area contributed by atoms with Crippen LogP contribution in [0.25, 0.3) is 0 Å². The zero-order valence-electron chi connectivity index (χ0n) is 9.22. The van der Waals surface area contributed by atoms with Crippen LogP contribution in [-0.4, -0.2) is 23.0 Å². The molecular formula is C9H9F2N3O4. The van der Waals surface area contributed by atoms with Gasteiger partial charge in [-0.05, 0) is 6.07 Å². The summed E-state index contributed by atoms with van der Waals surface area (Å²) in [5.74, 6) is -0.837. The van der Waals surface area contributed by atoms with Crippen molar-refractivity contribution in [3.05, 3.63) is 27.6 Å². The molecule has 0 saturated heterocycles. The van der Waals surface area contributed by atoms with Crippen LogP contribution in [0.3, 0.4) is 0 Å². The molecule has 0 atom stereocenters. The second-order valence-corrected chi connectivity index (χ2v) is 3.24. The van der Waals surface area contributed by atoms with Crippen LogP contribution in [0.1, 0.15) is 17.8 Å². The molecule has 9 heteroatoms. The first kappa shape index (κ1) is 13.7. The van der Waals surface area contributed by atoms with Gasteiger partial charge in [0.1, 0.15) is 17.1 Å². The smallest absolute Gasteiger partial charge is 0.314 e. The van der Waals surface area contributed by atoms with E-state index in [-0.39, 0.29) is 0 Å². The summed E-state index contributed by atoms with van der Waals surface area (Å²) in [6.45, 7) is 0. The van der Waals surface area contributed by atoms with Gasteiger partial charge in [-0.3, -0.25) is 14.9 Å². The SMILES string of the molecule is COC(=O)Cc1nc(C(F)F)cc(N)c1[N+](=O)[O-]. The molecule has 1 rings (SSSR count). The number of anilines is 1.